The van der Waals surface area contributed by atoms with Gasteiger partial charge in [0.2, 0.25) is 0 Å². The van der Waals surface area contributed by atoms with Gasteiger partial charge in [-0.2, -0.15) is 0 Å². The zero-order valence-electron chi connectivity index (χ0n) is 11.7. The molecule has 0 bridgehead atoms. The van der Waals surface area contributed by atoms with E-state index in [4.69, 9.17) is 11.6 Å². The van der Waals surface area contributed by atoms with Crippen molar-refractivity contribution in [2.24, 2.45) is 0 Å². The van der Waals surface area contributed by atoms with Gasteiger partial charge in [0, 0.05) is 11.1 Å². The van der Waals surface area contributed by atoms with E-state index < -0.39 is 5.82 Å². The molecule has 7 heteroatoms. The summed E-state index contributed by atoms with van der Waals surface area (Å²) in [6, 6.07) is 4.35. The second-order valence-electron chi connectivity index (χ2n) is 5.32. The molecule has 0 heterocycles. The van der Waals surface area contributed by atoms with Crippen LogP contribution in [-0.2, 0) is 9.59 Å². The van der Waals surface area contributed by atoms with Crippen molar-refractivity contribution in [2.75, 3.05) is 25.5 Å². The van der Waals surface area contributed by atoms with E-state index in [0.29, 0.717) is 6.04 Å². The minimum absolute atomic E-state index is 0.0690. The van der Waals surface area contributed by atoms with Gasteiger partial charge >= 0.3 is 0 Å². The van der Waals surface area contributed by atoms with Gasteiger partial charge in [0.05, 0.1) is 12.7 Å². The first-order chi connectivity index (χ1) is 9.94. The van der Waals surface area contributed by atoms with Crippen molar-refractivity contribution >= 4 is 29.1 Å². The summed E-state index contributed by atoms with van der Waals surface area (Å²) in [6.45, 7) is 0.299. The predicted molar refractivity (Wildman–Crippen MR) is 77.8 cm³/mol. The van der Waals surface area contributed by atoms with Gasteiger partial charge in [0.15, 0.2) is 13.1 Å². The molecule has 1 aromatic carbocycles. The molecule has 21 heavy (non-hydrogen) atoms. The third kappa shape index (κ3) is 5.32. The normalized spacial score (nSPS) is 15.4. The Balaban J connectivity index is 1.78. The second-order valence-corrected chi connectivity index (χ2v) is 5.76. The number of benzene rings is 1. The minimum atomic E-state index is -0.583. The van der Waals surface area contributed by atoms with Crippen LogP contribution in [0, 0.1) is 5.82 Å². The lowest BCUT2D eigenvalue weighted by Gasteiger charge is -2.13. The molecule has 1 atom stereocenters. The number of hydrogen-bond acceptors (Lipinski definition) is 2. The molecule has 1 aliphatic carbocycles. The van der Waals surface area contributed by atoms with Gasteiger partial charge in [0.1, 0.15) is 5.82 Å². The lowest BCUT2D eigenvalue weighted by atomic mass is 10.3. The Hall–Kier alpha value is -1.66. The molecule has 0 spiro atoms. The van der Waals surface area contributed by atoms with Crippen molar-refractivity contribution in [1.29, 1.82) is 0 Å². The molecule has 0 aliphatic heterocycles. The van der Waals surface area contributed by atoms with E-state index in [1.807, 2.05) is 0 Å². The first-order valence-corrected chi connectivity index (χ1v) is 7.17. The van der Waals surface area contributed by atoms with Gasteiger partial charge in [-0.25, -0.2) is 4.39 Å². The van der Waals surface area contributed by atoms with Crippen LogP contribution in [0.1, 0.15) is 12.8 Å². The Morgan fingerprint density at radius 1 is 1.33 bits per heavy atom. The number of carbonyl (C=O) groups excluding carboxylic acids is 2. The smallest absolute Gasteiger partial charge is 0.279 e. The summed E-state index contributed by atoms with van der Waals surface area (Å²) in [7, 11) is 1.74. The Morgan fingerprint density at radius 2 is 2.00 bits per heavy atom. The Morgan fingerprint density at radius 3 is 2.62 bits per heavy atom. The Labute approximate surface area is 127 Å². The van der Waals surface area contributed by atoms with Gasteiger partial charge in [-0.15, -0.1) is 0 Å². The minimum Gasteiger partial charge on any atom is -0.348 e. The van der Waals surface area contributed by atoms with Crippen LogP contribution in [0.15, 0.2) is 18.2 Å². The van der Waals surface area contributed by atoms with Crippen LogP contribution in [-0.4, -0.2) is 38.0 Å². The Bertz CT molecular complexity index is 549. The number of anilines is 1. The summed E-state index contributed by atoms with van der Waals surface area (Å²) in [5.74, 6) is -1.01. The maximum atomic E-state index is 13.5. The van der Waals surface area contributed by atoms with Crippen molar-refractivity contribution in [3.05, 3.63) is 29.0 Å². The highest BCUT2D eigenvalue weighted by atomic mass is 35.5. The summed E-state index contributed by atoms with van der Waals surface area (Å²) in [6.07, 6.45) is 2.06. The maximum absolute atomic E-state index is 13.5. The number of halogens is 2. The summed E-state index contributed by atoms with van der Waals surface area (Å²) in [4.78, 5) is 24.1. The van der Waals surface area contributed by atoms with Crippen LogP contribution < -0.4 is 15.5 Å². The lowest BCUT2D eigenvalue weighted by molar-refractivity contribution is -0.862. The van der Waals surface area contributed by atoms with E-state index in [9.17, 15) is 14.0 Å². The van der Waals surface area contributed by atoms with Gasteiger partial charge in [-0.3, -0.25) is 9.59 Å². The second kappa shape index (κ2) is 6.87. The number of amides is 2. The molecule has 0 aromatic heterocycles. The predicted octanol–water partition coefficient (Wildman–Crippen LogP) is 0.211. The van der Waals surface area contributed by atoms with Crippen LogP contribution in [0.4, 0.5) is 10.1 Å². The molecule has 114 valence electrons. The highest BCUT2D eigenvalue weighted by Crippen LogP contribution is 2.18. The molecule has 1 fully saturated rings. The quantitative estimate of drug-likeness (QED) is 0.703. The number of likely N-dealkylation sites (N-methyl/N-ethyl adjacent to an activating group) is 1. The molecular weight excluding hydrogens is 297 g/mol. The van der Waals surface area contributed by atoms with Crippen molar-refractivity contribution in [3.63, 3.8) is 0 Å². The summed E-state index contributed by atoms with van der Waals surface area (Å²) >= 11 is 5.64. The van der Waals surface area contributed by atoms with Crippen LogP contribution >= 0.6 is 11.6 Å². The fourth-order valence-electron chi connectivity index (χ4n) is 1.90. The van der Waals surface area contributed by atoms with E-state index >= 15 is 0 Å². The Kier molecular flexibility index (Phi) is 5.14. The van der Waals surface area contributed by atoms with Crippen molar-refractivity contribution < 1.29 is 18.9 Å². The fourth-order valence-corrected chi connectivity index (χ4v) is 2.06. The largest absolute Gasteiger partial charge is 0.348 e. The first-order valence-electron chi connectivity index (χ1n) is 6.79. The topological polar surface area (TPSA) is 62.6 Å². The number of nitrogens with one attached hydrogen (secondary N) is 3. The maximum Gasteiger partial charge on any atom is 0.279 e. The highest BCUT2D eigenvalue weighted by Gasteiger charge is 2.25. The zero-order valence-corrected chi connectivity index (χ0v) is 12.5. The molecular formula is C14H18ClFN3O2+. The fraction of sp³-hybridized carbons (Fsp3) is 0.429. The van der Waals surface area contributed by atoms with E-state index in [0.717, 1.165) is 23.8 Å². The average molecular weight is 315 g/mol. The molecule has 0 saturated heterocycles. The van der Waals surface area contributed by atoms with Crippen LogP contribution in [0.25, 0.3) is 0 Å². The van der Waals surface area contributed by atoms with Crippen LogP contribution in [0.3, 0.4) is 0 Å². The summed E-state index contributed by atoms with van der Waals surface area (Å²) in [5, 5.41) is 5.59. The van der Waals surface area contributed by atoms with Crippen LogP contribution in [0.2, 0.25) is 5.02 Å². The van der Waals surface area contributed by atoms with Gasteiger partial charge < -0.3 is 15.5 Å². The van der Waals surface area contributed by atoms with Crippen LogP contribution in [0.5, 0.6) is 0 Å². The van der Waals surface area contributed by atoms with E-state index in [1.165, 1.54) is 12.1 Å². The standard InChI is InChI=1S/C14H17ClFN3O2/c1-19(7-13(20)17-10-3-4-10)8-14(21)18-12-5-2-9(15)6-11(12)16/h2,5-6,10H,3-4,7-8H2,1H3,(H,17,20)(H,18,21)/p+1. The molecule has 1 unspecified atom stereocenters. The molecule has 5 nitrogen and oxygen atoms in total. The van der Waals surface area contributed by atoms with Gasteiger partial charge in [-0.05, 0) is 31.0 Å². The average Bonchev–Trinajstić information content (AvgIpc) is 3.16. The van der Waals surface area contributed by atoms with Crippen molar-refractivity contribution in [3.8, 4) is 0 Å². The third-order valence-corrected chi connectivity index (χ3v) is 3.31. The molecule has 2 amide bonds. The third-order valence-electron chi connectivity index (χ3n) is 3.07. The highest BCUT2D eigenvalue weighted by molar-refractivity contribution is 6.30. The van der Waals surface area contributed by atoms with Crippen molar-refractivity contribution in [1.82, 2.24) is 5.32 Å². The molecule has 1 aliphatic rings. The van der Waals surface area contributed by atoms with Gasteiger partial charge in [0.25, 0.3) is 11.8 Å². The van der Waals surface area contributed by atoms with E-state index in [2.05, 4.69) is 10.6 Å². The molecule has 1 saturated carbocycles. The monoisotopic (exact) mass is 314 g/mol. The number of quaternary nitrogens is 1. The van der Waals surface area contributed by atoms with E-state index in [1.54, 1.807) is 7.05 Å². The van der Waals surface area contributed by atoms with Gasteiger partial charge in [-0.1, -0.05) is 11.6 Å². The molecule has 1 aromatic rings. The molecule has 3 N–H and O–H groups in total. The molecule has 0 radical (unpaired) electrons. The SMILES string of the molecule is C[NH+](CC(=O)Nc1ccc(Cl)cc1F)CC(=O)NC1CC1. The van der Waals surface area contributed by atoms with E-state index in [-0.39, 0.29) is 35.6 Å². The number of hydrogen-bond donors (Lipinski definition) is 3. The first kappa shape index (κ1) is 15.7. The zero-order chi connectivity index (χ0) is 15.4. The summed E-state index contributed by atoms with van der Waals surface area (Å²) in [5.41, 5.74) is 0.0830. The number of carbonyl (C=O) groups is 2. The summed E-state index contributed by atoms with van der Waals surface area (Å²) < 4.78 is 13.5. The number of rotatable bonds is 6. The lowest BCUT2D eigenvalue weighted by Crippen LogP contribution is -3.11. The van der Waals surface area contributed by atoms with Crippen molar-refractivity contribution in [2.45, 2.75) is 18.9 Å². The molecule has 2 rings (SSSR count).